The van der Waals surface area contributed by atoms with E-state index in [0.717, 1.165) is 12.1 Å². The molecule has 1 aliphatic rings. The van der Waals surface area contributed by atoms with Crippen molar-refractivity contribution in [2.45, 2.75) is 19.0 Å². The molecule has 146 valence electrons. The number of carbonyl (C=O) groups excluding carboxylic acids is 2. The maximum absolute atomic E-state index is 12.8. The first-order chi connectivity index (χ1) is 12.7. The van der Waals surface area contributed by atoms with Crippen molar-refractivity contribution in [2.24, 2.45) is 5.92 Å². The van der Waals surface area contributed by atoms with Crippen LogP contribution in [0.25, 0.3) is 10.9 Å². The van der Waals surface area contributed by atoms with E-state index in [1.807, 2.05) is 0 Å². The SMILES string of the molecule is CN(C)C(=O)N1CCC(C(=O)Nc2n[nH]c3cc(C(F)(F)F)ccc23)CC1. The highest BCUT2D eigenvalue weighted by Crippen LogP contribution is 2.32. The number of nitrogens with zero attached hydrogens (tertiary/aromatic N) is 3. The van der Waals surface area contributed by atoms with Crippen molar-refractivity contribution < 1.29 is 22.8 Å². The van der Waals surface area contributed by atoms with Gasteiger partial charge in [-0.2, -0.15) is 18.3 Å². The molecule has 27 heavy (non-hydrogen) atoms. The number of hydrogen-bond acceptors (Lipinski definition) is 3. The van der Waals surface area contributed by atoms with Crippen LogP contribution in [0.5, 0.6) is 0 Å². The first-order valence-corrected chi connectivity index (χ1v) is 8.49. The Hall–Kier alpha value is -2.78. The smallest absolute Gasteiger partial charge is 0.331 e. The maximum atomic E-state index is 12.8. The summed E-state index contributed by atoms with van der Waals surface area (Å²) in [6.07, 6.45) is -3.40. The summed E-state index contributed by atoms with van der Waals surface area (Å²) >= 11 is 0. The van der Waals surface area contributed by atoms with E-state index in [1.165, 1.54) is 11.0 Å². The topological polar surface area (TPSA) is 81.3 Å². The Bertz CT molecular complexity index is 854. The summed E-state index contributed by atoms with van der Waals surface area (Å²) in [7, 11) is 3.35. The van der Waals surface area contributed by atoms with Gasteiger partial charge in [0.2, 0.25) is 5.91 Å². The van der Waals surface area contributed by atoms with Crippen LogP contribution in [0.2, 0.25) is 0 Å². The van der Waals surface area contributed by atoms with Gasteiger partial charge in [0.25, 0.3) is 0 Å². The largest absolute Gasteiger partial charge is 0.416 e. The van der Waals surface area contributed by atoms with Crippen LogP contribution >= 0.6 is 0 Å². The Balaban J connectivity index is 1.66. The lowest BCUT2D eigenvalue weighted by Crippen LogP contribution is -2.45. The zero-order valence-electron chi connectivity index (χ0n) is 14.9. The van der Waals surface area contributed by atoms with Gasteiger partial charge < -0.3 is 15.1 Å². The van der Waals surface area contributed by atoms with E-state index in [4.69, 9.17) is 0 Å². The molecule has 0 bridgehead atoms. The second-order valence-electron chi connectivity index (χ2n) is 6.76. The molecule has 1 saturated heterocycles. The monoisotopic (exact) mass is 383 g/mol. The Morgan fingerprint density at radius 1 is 1.26 bits per heavy atom. The Morgan fingerprint density at radius 3 is 2.52 bits per heavy atom. The van der Waals surface area contributed by atoms with Crippen molar-refractivity contribution >= 4 is 28.7 Å². The highest BCUT2D eigenvalue weighted by molar-refractivity contribution is 6.00. The number of piperidine rings is 1. The van der Waals surface area contributed by atoms with E-state index in [9.17, 15) is 22.8 Å². The minimum atomic E-state index is -4.44. The van der Waals surface area contributed by atoms with Gasteiger partial charge in [-0.05, 0) is 31.0 Å². The highest BCUT2D eigenvalue weighted by atomic mass is 19.4. The second-order valence-corrected chi connectivity index (χ2v) is 6.76. The number of aromatic nitrogens is 2. The van der Waals surface area contributed by atoms with Crippen LogP contribution in [0, 0.1) is 5.92 Å². The fourth-order valence-electron chi connectivity index (χ4n) is 3.13. The number of H-pyrrole nitrogens is 1. The van der Waals surface area contributed by atoms with Gasteiger partial charge in [0.1, 0.15) is 0 Å². The van der Waals surface area contributed by atoms with Crippen molar-refractivity contribution in [1.82, 2.24) is 20.0 Å². The van der Waals surface area contributed by atoms with Crippen LogP contribution in [0.4, 0.5) is 23.8 Å². The number of alkyl halides is 3. The standard InChI is InChI=1S/C17H20F3N5O2/c1-24(2)16(27)25-7-5-10(6-8-25)15(26)21-14-12-4-3-11(17(18,19)20)9-13(12)22-23-14/h3-4,9-10H,5-8H2,1-2H3,(H2,21,22,23,26). The van der Waals surface area contributed by atoms with Crippen LogP contribution in [-0.4, -0.2) is 59.1 Å². The molecule has 0 spiro atoms. The van der Waals surface area contributed by atoms with Crippen molar-refractivity contribution in [1.29, 1.82) is 0 Å². The van der Waals surface area contributed by atoms with E-state index >= 15 is 0 Å². The summed E-state index contributed by atoms with van der Waals surface area (Å²) in [5.41, 5.74) is -0.582. The third-order valence-electron chi connectivity index (χ3n) is 4.65. The minimum Gasteiger partial charge on any atom is -0.331 e. The number of nitrogens with one attached hydrogen (secondary N) is 2. The van der Waals surface area contributed by atoms with E-state index < -0.39 is 11.7 Å². The number of carbonyl (C=O) groups is 2. The molecule has 1 fully saturated rings. The van der Waals surface area contributed by atoms with Crippen LogP contribution in [0.1, 0.15) is 18.4 Å². The number of halogens is 3. The van der Waals surface area contributed by atoms with E-state index in [2.05, 4.69) is 15.5 Å². The molecule has 0 aliphatic carbocycles. The number of rotatable bonds is 2. The van der Waals surface area contributed by atoms with E-state index in [1.54, 1.807) is 19.0 Å². The predicted molar refractivity (Wildman–Crippen MR) is 93.1 cm³/mol. The normalized spacial score (nSPS) is 15.8. The van der Waals surface area contributed by atoms with Gasteiger partial charge in [0, 0.05) is 38.5 Å². The van der Waals surface area contributed by atoms with Gasteiger partial charge in [-0.3, -0.25) is 9.89 Å². The molecule has 7 nitrogen and oxygen atoms in total. The Kier molecular flexibility index (Phi) is 4.99. The number of benzene rings is 1. The van der Waals surface area contributed by atoms with E-state index in [0.29, 0.717) is 31.3 Å². The third kappa shape index (κ3) is 3.99. The van der Waals surface area contributed by atoms with Crippen LogP contribution in [0.3, 0.4) is 0 Å². The molecule has 0 unspecified atom stereocenters. The quantitative estimate of drug-likeness (QED) is 0.837. The third-order valence-corrected chi connectivity index (χ3v) is 4.65. The Morgan fingerprint density at radius 2 is 1.93 bits per heavy atom. The summed E-state index contributed by atoms with van der Waals surface area (Å²) in [4.78, 5) is 27.6. The lowest BCUT2D eigenvalue weighted by atomic mass is 9.96. The summed E-state index contributed by atoms with van der Waals surface area (Å²) in [5.74, 6) is -0.326. The summed E-state index contributed by atoms with van der Waals surface area (Å²) in [5, 5.41) is 9.54. The molecule has 2 aromatic rings. The molecule has 1 aromatic carbocycles. The second kappa shape index (κ2) is 7.09. The molecule has 3 amide bonds. The molecule has 1 aromatic heterocycles. The van der Waals surface area contributed by atoms with Gasteiger partial charge >= 0.3 is 12.2 Å². The molecule has 2 heterocycles. The molecule has 1 aliphatic heterocycles. The van der Waals surface area contributed by atoms with Gasteiger partial charge in [0.15, 0.2) is 5.82 Å². The number of aromatic amines is 1. The average Bonchev–Trinajstić information content (AvgIpc) is 3.02. The van der Waals surface area contributed by atoms with Crippen molar-refractivity contribution in [3.8, 4) is 0 Å². The summed E-state index contributed by atoms with van der Waals surface area (Å²) < 4.78 is 38.3. The van der Waals surface area contributed by atoms with Crippen molar-refractivity contribution in [3.63, 3.8) is 0 Å². The fraction of sp³-hybridized carbons (Fsp3) is 0.471. The Labute approximate surface area is 153 Å². The average molecular weight is 383 g/mol. The van der Waals surface area contributed by atoms with Crippen LogP contribution < -0.4 is 5.32 Å². The zero-order chi connectivity index (χ0) is 19.8. The molecule has 0 saturated carbocycles. The maximum Gasteiger partial charge on any atom is 0.416 e. The van der Waals surface area contributed by atoms with E-state index in [-0.39, 0.29) is 29.2 Å². The number of hydrogen-bond donors (Lipinski definition) is 2. The lowest BCUT2D eigenvalue weighted by molar-refractivity contribution is -0.137. The van der Waals surface area contributed by atoms with Crippen LogP contribution in [-0.2, 0) is 11.0 Å². The van der Waals surface area contributed by atoms with Crippen molar-refractivity contribution in [3.05, 3.63) is 23.8 Å². The minimum absolute atomic E-state index is 0.0902. The first-order valence-electron chi connectivity index (χ1n) is 8.49. The number of anilines is 1. The molecule has 0 atom stereocenters. The van der Waals surface area contributed by atoms with Gasteiger partial charge in [0.05, 0.1) is 11.1 Å². The fourth-order valence-corrected chi connectivity index (χ4v) is 3.13. The summed E-state index contributed by atoms with van der Waals surface area (Å²) in [6, 6.07) is 3.12. The molecular weight excluding hydrogens is 363 g/mol. The number of likely N-dealkylation sites (tertiary alicyclic amines) is 1. The number of urea groups is 1. The lowest BCUT2D eigenvalue weighted by Gasteiger charge is -2.32. The molecule has 10 heteroatoms. The summed E-state index contributed by atoms with van der Waals surface area (Å²) in [6.45, 7) is 0.955. The number of amides is 3. The number of fused-ring (bicyclic) bond motifs is 1. The predicted octanol–water partition coefficient (Wildman–Crippen LogP) is 2.91. The van der Waals surface area contributed by atoms with Crippen molar-refractivity contribution in [2.75, 3.05) is 32.5 Å². The first kappa shape index (κ1) is 19.0. The van der Waals surface area contributed by atoms with Gasteiger partial charge in [-0.15, -0.1) is 0 Å². The van der Waals surface area contributed by atoms with Gasteiger partial charge in [-0.1, -0.05) is 0 Å². The zero-order valence-corrected chi connectivity index (χ0v) is 14.9. The molecule has 0 radical (unpaired) electrons. The molecule has 3 rings (SSSR count). The molecular formula is C17H20F3N5O2. The molecule has 2 N–H and O–H groups in total. The van der Waals surface area contributed by atoms with Gasteiger partial charge in [-0.25, -0.2) is 4.79 Å². The van der Waals surface area contributed by atoms with Crippen LogP contribution in [0.15, 0.2) is 18.2 Å². The highest BCUT2D eigenvalue weighted by Gasteiger charge is 2.31.